The van der Waals surface area contributed by atoms with E-state index in [1.165, 1.54) is 32.1 Å². The van der Waals surface area contributed by atoms with E-state index in [-0.39, 0.29) is 12.6 Å². The maximum Gasteiger partial charge on any atom is 0.314 e. The summed E-state index contributed by atoms with van der Waals surface area (Å²) < 4.78 is 5.73. The molecule has 17 heavy (non-hydrogen) atoms. The predicted molar refractivity (Wildman–Crippen MR) is 65.9 cm³/mol. The fraction of sp³-hybridized carbons (Fsp3) is 0.917. The molecule has 0 atom stereocenters. The van der Waals surface area contributed by atoms with E-state index < -0.39 is 0 Å². The first-order valence-corrected chi connectivity index (χ1v) is 6.57. The minimum atomic E-state index is -0.225. The van der Waals surface area contributed by atoms with Crippen molar-refractivity contribution < 1.29 is 14.6 Å². The van der Waals surface area contributed by atoms with Gasteiger partial charge in [-0.25, -0.2) is 4.79 Å². The number of amides is 2. The molecule has 3 N–H and O–H groups in total. The zero-order valence-electron chi connectivity index (χ0n) is 10.4. The van der Waals surface area contributed by atoms with Crippen molar-refractivity contribution in [3.05, 3.63) is 0 Å². The van der Waals surface area contributed by atoms with Gasteiger partial charge in [0.25, 0.3) is 0 Å². The number of nitrogens with one attached hydrogen (secondary N) is 2. The molecule has 0 spiro atoms. The lowest BCUT2D eigenvalue weighted by Gasteiger charge is -2.21. The second kappa shape index (κ2) is 9.24. The van der Waals surface area contributed by atoms with Crippen LogP contribution >= 0.6 is 0 Å². The second-order valence-corrected chi connectivity index (χ2v) is 4.39. The summed E-state index contributed by atoms with van der Waals surface area (Å²) >= 11 is 0. The van der Waals surface area contributed by atoms with E-state index in [1.54, 1.807) is 0 Å². The van der Waals surface area contributed by atoms with Crippen molar-refractivity contribution >= 4 is 6.03 Å². The highest BCUT2D eigenvalue weighted by Crippen LogP contribution is 2.20. The topological polar surface area (TPSA) is 70.6 Å². The summed E-state index contributed by atoms with van der Waals surface area (Å²) in [6, 6.07) is -0.225. The van der Waals surface area contributed by atoms with E-state index >= 15 is 0 Å². The van der Waals surface area contributed by atoms with E-state index in [1.807, 2.05) is 0 Å². The lowest BCUT2D eigenvalue weighted by Crippen LogP contribution is -2.37. The van der Waals surface area contributed by atoms with E-state index in [2.05, 4.69) is 10.6 Å². The fourth-order valence-electron chi connectivity index (χ4n) is 1.99. The third kappa shape index (κ3) is 7.18. The first-order valence-electron chi connectivity index (χ1n) is 6.57. The van der Waals surface area contributed by atoms with Gasteiger partial charge in [-0.2, -0.15) is 0 Å². The highest BCUT2D eigenvalue weighted by atomic mass is 16.5. The Balaban J connectivity index is 1.88. The molecule has 5 heteroatoms. The molecule has 0 aromatic heterocycles. The number of aliphatic hydroxyl groups is 1. The maximum absolute atomic E-state index is 11.1. The maximum atomic E-state index is 11.1. The largest absolute Gasteiger partial charge is 0.395 e. The number of ether oxygens (including phenoxy) is 1. The van der Waals surface area contributed by atoms with Gasteiger partial charge in [-0.05, 0) is 19.3 Å². The van der Waals surface area contributed by atoms with Gasteiger partial charge in [-0.15, -0.1) is 0 Å². The summed E-state index contributed by atoms with van der Waals surface area (Å²) in [6.07, 6.45) is 7.55. The monoisotopic (exact) mass is 244 g/mol. The van der Waals surface area contributed by atoms with Crippen LogP contribution in [-0.2, 0) is 4.74 Å². The Morgan fingerprint density at radius 2 is 1.88 bits per heavy atom. The van der Waals surface area contributed by atoms with Gasteiger partial charge in [0.05, 0.1) is 12.7 Å². The van der Waals surface area contributed by atoms with Gasteiger partial charge in [0.2, 0.25) is 0 Å². The molecule has 5 nitrogen and oxygen atoms in total. The molecule has 1 aliphatic carbocycles. The third-order valence-corrected chi connectivity index (χ3v) is 2.91. The van der Waals surface area contributed by atoms with E-state index in [4.69, 9.17) is 9.84 Å². The van der Waals surface area contributed by atoms with Crippen molar-refractivity contribution in [2.24, 2.45) is 0 Å². The van der Waals surface area contributed by atoms with Crippen LogP contribution in [0.15, 0.2) is 0 Å². The number of carbonyl (C=O) groups is 1. The lowest BCUT2D eigenvalue weighted by molar-refractivity contribution is 0.0275. The molecule has 1 saturated carbocycles. The van der Waals surface area contributed by atoms with Gasteiger partial charge in [-0.1, -0.05) is 19.3 Å². The summed E-state index contributed by atoms with van der Waals surface area (Å²) in [4.78, 5) is 11.1. The van der Waals surface area contributed by atoms with E-state index in [0.717, 1.165) is 6.42 Å². The van der Waals surface area contributed by atoms with Crippen LogP contribution in [0.1, 0.15) is 38.5 Å². The smallest absolute Gasteiger partial charge is 0.314 e. The first kappa shape index (κ1) is 14.3. The Morgan fingerprint density at radius 3 is 2.59 bits per heavy atom. The molecule has 100 valence electrons. The van der Waals surface area contributed by atoms with Crippen LogP contribution in [0.25, 0.3) is 0 Å². The van der Waals surface area contributed by atoms with Crippen LogP contribution in [-0.4, -0.2) is 43.5 Å². The molecule has 0 radical (unpaired) electrons. The van der Waals surface area contributed by atoms with Crippen molar-refractivity contribution in [1.29, 1.82) is 0 Å². The zero-order chi connectivity index (χ0) is 12.3. The minimum absolute atomic E-state index is 0.0296. The molecule has 0 aliphatic heterocycles. The van der Waals surface area contributed by atoms with Crippen molar-refractivity contribution in [3.8, 4) is 0 Å². The molecule has 1 rings (SSSR count). The Kier molecular flexibility index (Phi) is 7.75. The molecule has 1 aliphatic rings. The summed E-state index contributed by atoms with van der Waals surface area (Å²) in [7, 11) is 0. The standard InChI is InChI=1S/C12H24N2O3/c15-9-8-14-12(16)13-7-4-10-17-11-5-2-1-3-6-11/h11,15H,1-10H2,(H2,13,14,16). The van der Waals surface area contributed by atoms with Gasteiger partial charge in [0, 0.05) is 19.7 Å². The van der Waals surface area contributed by atoms with Crippen LogP contribution in [0.4, 0.5) is 4.79 Å². The number of urea groups is 1. The van der Waals surface area contributed by atoms with Crippen LogP contribution in [0, 0.1) is 0 Å². The normalized spacial score (nSPS) is 16.8. The van der Waals surface area contributed by atoms with Gasteiger partial charge in [0.1, 0.15) is 0 Å². The number of hydrogen-bond acceptors (Lipinski definition) is 3. The molecule has 0 unspecified atom stereocenters. The number of carbonyl (C=O) groups excluding carboxylic acids is 1. The van der Waals surface area contributed by atoms with Gasteiger partial charge < -0.3 is 20.5 Å². The summed E-state index contributed by atoms with van der Waals surface area (Å²) in [6.45, 7) is 1.59. The van der Waals surface area contributed by atoms with Gasteiger partial charge >= 0.3 is 6.03 Å². The van der Waals surface area contributed by atoms with Crippen LogP contribution < -0.4 is 10.6 Å². The van der Waals surface area contributed by atoms with E-state index in [0.29, 0.717) is 25.8 Å². The van der Waals surface area contributed by atoms with Crippen LogP contribution in [0.5, 0.6) is 0 Å². The van der Waals surface area contributed by atoms with Crippen molar-refractivity contribution in [1.82, 2.24) is 10.6 Å². The molecular weight excluding hydrogens is 220 g/mol. The molecular formula is C12H24N2O3. The Labute approximate surface area is 103 Å². The van der Waals surface area contributed by atoms with Crippen LogP contribution in [0.2, 0.25) is 0 Å². The van der Waals surface area contributed by atoms with Crippen molar-refractivity contribution in [3.63, 3.8) is 0 Å². The highest BCUT2D eigenvalue weighted by molar-refractivity contribution is 5.73. The summed E-state index contributed by atoms with van der Waals surface area (Å²) in [5.74, 6) is 0. The van der Waals surface area contributed by atoms with Crippen molar-refractivity contribution in [2.45, 2.75) is 44.6 Å². The second-order valence-electron chi connectivity index (χ2n) is 4.39. The third-order valence-electron chi connectivity index (χ3n) is 2.91. The quantitative estimate of drug-likeness (QED) is 0.585. The molecule has 0 saturated heterocycles. The number of aliphatic hydroxyl groups excluding tert-OH is 1. The van der Waals surface area contributed by atoms with Gasteiger partial charge in [0.15, 0.2) is 0 Å². The van der Waals surface area contributed by atoms with Gasteiger partial charge in [-0.3, -0.25) is 0 Å². The first-order chi connectivity index (χ1) is 8.33. The zero-order valence-corrected chi connectivity index (χ0v) is 10.4. The Morgan fingerprint density at radius 1 is 1.18 bits per heavy atom. The van der Waals surface area contributed by atoms with Crippen molar-refractivity contribution in [2.75, 3.05) is 26.3 Å². The molecule has 0 heterocycles. The summed E-state index contributed by atoms with van der Waals surface area (Å²) in [5, 5.41) is 13.8. The summed E-state index contributed by atoms with van der Waals surface area (Å²) in [5.41, 5.74) is 0. The average Bonchev–Trinajstić information content (AvgIpc) is 2.37. The number of hydrogen-bond donors (Lipinski definition) is 3. The Bertz CT molecular complexity index is 206. The molecule has 0 bridgehead atoms. The molecule has 2 amide bonds. The fourth-order valence-corrected chi connectivity index (χ4v) is 1.99. The predicted octanol–water partition coefficient (Wildman–Crippen LogP) is 1.02. The number of rotatable bonds is 7. The molecule has 0 aromatic carbocycles. The molecule has 1 fully saturated rings. The Hall–Kier alpha value is -0.810. The minimum Gasteiger partial charge on any atom is -0.395 e. The highest BCUT2D eigenvalue weighted by Gasteiger charge is 2.12. The van der Waals surface area contributed by atoms with Crippen LogP contribution in [0.3, 0.4) is 0 Å². The molecule has 0 aromatic rings. The van der Waals surface area contributed by atoms with E-state index in [9.17, 15) is 4.79 Å². The lowest BCUT2D eigenvalue weighted by atomic mass is 9.98. The average molecular weight is 244 g/mol. The SMILES string of the molecule is O=C(NCCO)NCCCOC1CCCCC1.